The van der Waals surface area contributed by atoms with E-state index in [0.717, 1.165) is 12.0 Å². The number of hydrogen-bond donors (Lipinski definition) is 0. The third-order valence-electron chi connectivity index (χ3n) is 3.96. The first-order chi connectivity index (χ1) is 11.8. The van der Waals surface area contributed by atoms with Crippen LogP contribution in [0.3, 0.4) is 0 Å². The van der Waals surface area contributed by atoms with Crippen LogP contribution in [0.25, 0.3) is 0 Å². The summed E-state index contributed by atoms with van der Waals surface area (Å²) in [6, 6.07) is 23.3. The van der Waals surface area contributed by atoms with Gasteiger partial charge in [-0.25, -0.2) is 4.98 Å². The van der Waals surface area contributed by atoms with Crippen LogP contribution in [-0.4, -0.2) is 10.9 Å². The minimum atomic E-state index is -0.0473. The quantitative estimate of drug-likeness (QED) is 0.695. The van der Waals surface area contributed by atoms with Gasteiger partial charge in [-0.3, -0.25) is 9.69 Å². The highest BCUT2D eigenvalue weighted by molar-refractivity contribution is 6.05. The van der Waals surface area contributed by atoms with Gasteiger partial charge in [0.25, 0.3) is 5.91 Å². The van der Waals surface area contributed by atoms with Crippen molar-refractivity contribution in [2.24, 2.45) is 0 Å². The molecule has 2 aromatic carbocycles. The zero-order chi connectivity index (χ0) is 16.8. The molecule has 3 nitrogen and oxygen atoms in total. The maximum absolute atomic E-state index is 13.0. The topological polar surface area (TPSA) is 33.2 Å². The fraction of sp³-hybridized carbons (Fsp3) is 0.143. The predicted octanol–water partition coefficient (Wildman–Crippen LogP) is 4.49. The van der Waals surface area contributed by atoms with E-state index in [1.54, 1.807) is 11.1 Å². The summed E-state index contributed by atoms with van der Waals surface area (Å²) in [5, 5.41) is 0. The van der Waals surface area contributed by atoms with Crippen molar-refractivity contribution in [2.75, 3.05) is 4.90 Å². The van der Waals surface area contributed by atoms with Crippen molar-refractivity contribution < 1.29 is 4.79 Å². The number of benzene rings is 2. The van der Waals surface area contributed by atoms with Crippen molar-refractivity contribution >= 4 is 11.7 Å². The second-order valence-corrected chi connectivity index (χ2v) is 5.62. The first-order valence-corrected chi connectivity index (χ1v) is 8.13. The van der Waals surface area contributed by atoms with Crippen molar-refractivity contribution in [1.29, 1.82) is 0 Å². The molecule has 0 aliphatic rings. The molecule has 0 aliphatic carbocycles. The molecule has 24 heavy (non-hydrogen) atoms. The Morgan fingerprint density at radius 3 is 2.17 bits per heavy atom. The average molecular weight is 316 g/mol. The molecule has 3 rings (SSSR count). The molecule has 0 aliphatic heterocycles. The monoisotopic (exact) mass is 316 g/mol. The number of carbonyl (C=O) groups is 1. The van der Waals surface area contributed by atoms with E-state index in [0.29, 0.717) is 17.9 Å². The molecule has 0 radical (unpaired) electrons. The Morgan fingerprint density at radius 2 is 1.54 bits per heavy atom. The van der Waals surface area contributed by atoms with E-state index < -0.39 is 0 Å². The van der Waals surface area contributed by atoms with E-state index in [4.69, 9.17) is 0 Å². The van der Waals surface area contributed by atoms with Gasteiger partial charge in [0, 0.05) is 11.8 Å². The summed E-state index contributed by atoms with van der Waals surface area (Å²) in [7, 11) is 0. The molecule has 0 spiro atoms. The standard InChI is InChI=1S/C21H20N2O/c1-2-17-11-13-18(14-12-17)16-23(20-10-6-7-15-22-20)21(24)19-8-4-3-5-9-19/h3-15H,2,16H2,1H3. The van der Waals surface area contributed by atoms with Gasteiger partial charge in [0.1, 0.15) is 5.82 Å². The number of amides is 1. The van der Waals surface area contributed by atoms with Crippen LogP contribution in [0.15, 0.2) is 79.0 Å². The molecule has 3 heteroatoms. The minimum absolute atomic E-state index is 0.0473. The fourth-order valence-corrected chi connectivity index (χ4v) is 2.57. The first-order valence-electron chi connectivity index (χ1n) is 8.13. The number of rotatable bonds is 5. The predicted molar refractivity (Wildman–Crippen MR) is 97.0 cm³/mol. The lowest BCUT2D eigenvalue weighted by Crippen LogP contribution is -2.31. The second-order valence-electron chi connectivity index (χ2n) is 5.62. The molecule has 3 aromatic rings. The maximum atomic E-state index is 13.0. The van der Waals surface area contributed by atoms with Gasteiger partial charge in [-0.15, -0.1) is 0 Å². The number of aryl methyl sites for hydroxylation is 1. The zero-order valence-corrected chi connectivity index (χ0v) is 13.7. The normalized spacial score (nSPS) is 10.4. The first kappa shape index (κ1) is 15.9. The van der Waals surface area contributed by atoms with E-state index in [1.165, 1.54) is 5.56 Å². The summed E-state index contributed by atoms with van der Waals surface area (Å²) in [6.07, 6.45) is 2.72. The van der Waals surface area contributed by atoms with Gasteiger partial charge in [-0.1, -0.05) is 55.5 Å². The number of aromatic nitrogens is 1. The molecule has 1 aromatic heterocycles. The van der Waals surface area contributed by atoms with Gasteiger partial charge in [0.05, 0.1) is 6.54 Å². The molecule has 0 atom stereocenters. The van der Waals surface area contributed by atoms with Crippen LogP contribution in [0.2, 0.25) is 0 Å². The molecule has 1 heterocycles. The zero-order valence-electron chi connectivity index (χ0n) is 13.7. The van der Waals surface area contributed by atoms with Gasteiger partial charge in [-0.2, -0.15) is 0 Å². The summed E-state index contributed by atoms with van der Waals surface area (Å²) in [4.78, 5) is 19.0. The number of hydrogen-bond acceptors (Lipinski definition) is 2. The van der Waals surface area contributed by atoms with Crippen molar-refractivity contribution in [3.63, 3.8) is 0 Å². The number of pyridine rings is 1. The lowest BCUT2D eigenvalue weighted by Gasteiger charge is -2.22. The molecule has 0 saturated carbocycles. The Morgan fingerprint density at radius 1 is 0.875 bits per heavy atom. The van der Waals surface area contributed by atoms with Crippen molar-refractivity contribution in [1.82, 2.24) is 4.98 Å². The Balaban J connectivity index is 1.91. The van der Waals surface area contributed by atoms with Gasteiger partial charge in [0.15, 0.2) is 0 Å². The smallest absolute Gasteiger partial charge is 0.259 e. The Kier molecular flexibility index (Phi) is 5.02. The summed E-state index contributed by atoms with van der Waals surface area (Å²) in [5.41, 5.74) is 3.04. The highest BCUT2D eigenvalue weighted by Crippen LogP contribution is 2.18. The van der Waals surface area contributed by atoms with Crippen molar-refractivity contribution in [3.05, 3.63) is 95.7 Å². The average Bonchev–Trinajstić information content (AvgIpc) is 2.67. The Labute approximate surface area is 142 Å². The molecule has 1 amide bonds. The summed E-state index contributed by atoms with van der Waals surface area (Å²) < 4.78 is 0. The lowest BCUT2D eigenvalue weighted by atomic mass is 10.1. The van der Waals surface area contributed by atoms with E-state index in [9.17, 15) is 4.79 Å². The number of anilines is 1. The number of nitrogens with zero attached hydrogens (tertiary/aromatic N) is 2. The van der Waals surface area contributed by atoms with E-state index in [1.807, 2.05) is 48.5 Å². The van der Waals surface area contributed by atoms with Gasteiger partial charge in [0.2, 0.25) is 0 Å². The van der Waals surface area contributed by atoms with Crippen LogP contribution in [0.4, 0.5) is 5.82 Å². The van der Waals surface area contributed by atoms with Crippen LogP contribution in [0.5, 0.6) is 0 Å². The van der Waals surface area contributed by atoms with Crippen LogP contribution in [0.1, 0.15) is 28.4 Å². The van der Waals surface area contributed by atoms with Crippen molar-refractivity contribution in [2.45, 2.75) is 19.9 Å². The molecular weight excluding hydrogens is 296 g/mol. The lowest BCUT2D eigenvalue weighted by molar-refractivity contribution is 0.0984. The minimum Gasteiger partial charge on any atom is -0.288 e. The van der Waals surface area contributed by atoms with Crippen LogP contribution >= 0.6 is 0 Å². The highest BCUT2D eigenvalue weighted by atomic mass is 16.2. The molecule has 0 unspecified atom stereocenters. The molecule has 120 valence electrons. The summed E-state index contributed by atoms with van der Waals surface area (Å²) >= 11 is 0. The van der Waals surface area contributed by atoms with Crippen LogP contribution in [0, 0.1) is 0 Å². The van der Waals surface area contributed by atoms with Crippen LogP contribution < -0.4 is 4.90 Å². The van der Waals surface area contributed by atoms with Crippen LogP contribution in [-0.2, 0) is 13.0 Å². The third-order valence-corrected chi connectivity index (χ3v) is 3.96. The largest absolute Gasteiger partial charge is 0.288 e. The molecule has 0 fully saturated rings. The molecule has 0 saturated heterocycles. The Hall–Kier alpha value is -2.94. The van der Waals surface area contributed by atoms with E-state index >= 15 is 0 Å². The SMILES string of the molecule is CCc1ccc(CN(C(=O)c2ccccc2)c2ccccn2)cc1. The molecule has 0 N–H and O–H groups in total. The molecular formula is C21H20N2O. The Bertz CT molecular complexity index is 783. The van der Waals surface area contributed by atoms with Gasteiger partial charge in [-0.05, 0) is 41.8 Å². The van der Waals surface area contributed by atoms with E-state index in [-0.39, 0.29) is 5.91 Å². The summed E-state index contributed by atoms with van der Waals surface area (Å²) in [6.45, 7) is 2.63. The highest BCUT2D eigenvalue weighted by Gasteiger charge is 2.18. The van der Waals surface area contributed by atoms with Gasteiger partial charge < -0.3 is 0 Å². The summed E-state index contributed by atoms with van der Waals surface area (Å²) in [5.74, 6) is 0.611. The second kappa shape index (κ2) is 7.55. The van der Waals surface area contributed by atoms with Crippen molar-refractivity contribution in [3.8, 4) is 0 Å². The third kappa shape index (κ3) is 3.69. The van der Waals surface area contributed by atoms with Gasteiger partial charge >= 0.3 is 0 Å². The maximum Gasteiger partial charge on any atom is 0.259 e. The van der Waals surface area contributed by atoms with E-state index in [2.05, 4.69) is 36.2 Å². The number of carbonyl (C=O) groups excluding carboxylic acids is 1. The fourth-order valence-electron chi connectivity index (χ4n) is 2.57. The molecule has 0 bridgehead atoms.